The molecule has 2 aliphatic rings. The van der Waals surface area contributed by atoms with Gasteiger partial charge in [-0.25, -0.2) is 0 Å². The van der Waals surface area contributed by atoms with E-state index < -0.39 is 6.04 Å². The maximum absolute atomic E-state index is 12.5. The lowest BCUT2D eigenvalue weighted by molar-refractivity contribution is -0.128. The highest BCUT2D eigenvalue weighted by molar-refractivity contribution is 6.06. The molecular weight excluding hydrogens is 254 g/mol. The normalized spacial score (nSPS) is 22.9. The number of fused-ring (bicyclic) bond motifs is 1. The molecule has 1 aromatic carbocycles. The minimum absolute atomic E-state index is 0.00200. The number of aryl methyl sites for hydroxylation is 1. The van der Waals surface area contributed by atoms with Gasteiger partial charge in [-0.15, -0.1) is 0 Å². The molecule has 1 saturated carbocycles. The lowest BCUT2D eigenvalue weighted by Crippen LogP contribution is -2.41. The van der Waals surface area contributed by atoms with Crippen LogP contribution >= 0.6 is 0 Å². The van der Waals surface area contributed by atoms with Crippen LogP contribution in [0.5, 0.6) is 0 Å². The van der Waals surface area contributed by atoms with Crippen molar-refractivity contribution in [2.24, 2.45) is 0 Å². The second kappa shape index (κ2) is 4.85. The summed E-state index contributed by atoms with van der Waals surface area (Å²) in [5.74, 6) is -0.180. The molecule has 1 amide bonds. The van der Waals surface area contributed by atoms with Crippen molar-refractivity contribution in [2.45, 2.75) is 45.2 Å². The Kier molecular flexibility index (Phi) is 3.16. The molecule has 0 spiro atoms. The molecule has 1 heterocycles. The van der Waals surface area contributed by atoms with E-state index in [1.54, 1.807) is 4.90 Å². The first kappa shape index (κ1) is 13.0. The fourth-order valence-electron chi connectivity index (χ4n) is 3.14. The van der Waals surface area contributed by atoms with E-state index in [4.69, 9.17) is 0 Å². The van der Waals surface area contributed by atoms with E-state index in [0.717, 1.165) is 11.1 Å². The fourth-order valence-corrected chi connectivity index (χ4v) is 3.14. The molecule has 1 unspecified atom stereocenters. The molecule has 1 atom stereocenters. The van der Waals surface area contributed by atoms with Crippen molar-refractivity contribution in [3.8, 4) is 0 Å². The zero-order valence-corrected chi connectivity index (χ0v) is 11.5. The first-order valence-corrected chi connectivity index (χ1v) is 7.02. The van der Waals surface area contributed by atoms with Crippen LogP contribution in [0.25, 0.3) is 0 Å². The molecule has 0 saturated heterocycles. The van der Waals surface area contributed by atoms with Crippen molar-refractivity contribution in [3.05, 3.63) is 34.9 Å². The maximum atomic E-state index is 12.5. The zero-order chi connectivity index (χ0) is 14.3. The number of amides is 1. The quantitative estimate of drug-likeness (QED) is 0.580. The molecule has 104 valence electrons. The minimum atomic E-state index is -0.430. The Labute approximate surface area is 117 Å². The van der Waals surface area contributed by atoms with Gasteiger partial charge in [-0.05, 0) is 37.0 Å². The highest BCUT2D eigenvalue weighted by atomic mass is 16.2. The smallest absolute Gasteiger partial charge is 0.255 e. The monoisotopic (exact) mass is 271 g/mol. The molecule has 0 radical (unpaired) electrons. The molecule has 0 N–H and O–H groups in total. The molecule has 3 rings (SSSR count). The van der Waals surface area contributed by atoms with Gasteiger partial charge in [0.2, 0.25) is 0 Å². The van der Waals surface area contributed by atoms with Crippen LogP contribution in [-0.2, 0) is 16.1 Å². The fraction of sp³-hybridized carbons (Fsp3) is 0.438. The number of benzene rings is 1. The van der Waals surface area contributed by atoms with Crippen LogP contribution < -0.4 is 0 Å². The summed E-state index contributed by atoms with van der Waals surface area (Å²) in [5.41, 5.74) is 2.80. The lowest BCUT2D eigenvalue weighted by atomic mass is 10.1. The summed E-state index contributed by atoms with van der Waals surface area (Å²) < 4.78 is 0. The van der Waals surface area contributed by atoms with Gasteiger partial charge in [0, 0.05) is 18.5 Å². The van der Waals surface area contributed by atoms with Crippen LogP contribution in [0.2, 0.25) is 0 Å². The summed E-state index contributed by atoms with van der Waals surface area (Å²) in [6, 6.07) is 5.24. The van der Waals surface area contributed by atoms with Crippen LogP contribution in [0.3, 0.4) is 0 Å². The third-order valence-corrected chi connectivity index (χ3v) is 4.28. The van der Waals surface area contributed by atoms with Gasteiger partial charge in [-0.3, -0.25) is 14.4 Å². The van der Waals surface area contributed by atoms with Crippen LogP contribution in [0, 0.1) is 6.92 Å². The van der Waals surface area contributed by atoms with Gasteiger partial charge < -0.3 is 4.90 Å². The predicted molar refractivity (Wildman–Crippen MR) is 73.3 cm³/mol. The average molecular weight is 271 g/mol. The Balaban J connectivity index is 1.90. The van der Waals surface area contributed by atoms with Crippen LogP contribution in [0.1, 0.15) is 47.2 Å². The summed E-state index contributed by atoms with van der Waals surface area (Å²) in [4.78, 5) is 37.8. The third kappa shape index (κ3) is 2.05. The zero-order valence-electron chi connectivity index (χ0n) is 11.5. The molecule has 1 aliphatic heterocycles. The summed E-state index contributed by atoms with van der Waals surface area (Å²) in [5, 5.41) is 0. The number of rotatable bonds is 1. The highest BCUT2D eigenvalue weighted by Crippen LogP contribution is 2.30. The lowest BCUT2D eigenvalue weighted by Gasteiger charge is -2.25. The van der Waals surface area contributed by atoms with Crippen molar-refractivity contribution in [1.29, 1.82) is 0 Å². The Morgan fingerprint density at radius 3 is 2.75 bits per heavy atom. The van der Waals surface area contributed by atoms with Crippen molar-refractivity contribution in [3.63, 3.8) is 0 Å². The van der Waals surface area contributed by atoms with Crippen LogP contribution in [-0.4, -0.2) is 28.4 Å². The minimum Gasteiger partial charge on any atom is -0.324 e. The van der Waals surface area contributed by atoms with E-state index in [1.807, 2.05) is 25.1 Å². The van der Waals surface area contributed by atoms with E-state index >= 15 is 0 Å². The predicted octanol–water partition coefficient (Wildman–Crippen LogP) is 2.03. The van der Waals surface area contributed by atoms with Crippen molar-refractivity contribution in [2.75, 3.05) is 0 Å². The summed E-state index contributed by atoms with van der Waals surface area (Å²) in [7, 11) is 0. The Morgan fingerprint density at radius 2 is 2.00 bits per heavy atom. The van der Waals surface area contributed by atoms with E-state index in [0.29, 0.717) is 31.4 Å². The summed E-state index contributed by atoms with van der Waals surface area (Å²) in [6.45, 7) is 2.47. The molecule has 4 heteroatoms. The Hall–Kier alpha value is -1.97. The average Bonchev–Trinajstić information content (AvgIpc) is 2.64. The maximum Gasteiger partial charge on any atom is 0.255 e. The topological polar surface area (TPSA) is 54.5 Å². The second-order valence-corrected chi connectivity index (χ2v) is 5.62. The van der Waals surface area contributed by atoms with Gasteiger partial charge in [0.15, 0.2) is 5.78 Å². The SMILES string of the molecule is Cc1cccc2c1CN(C1CCCC(=O)CC1=O)C2=O. The van der Waals surface area contributed by atoms with Crippen LogP contribution in [0.4, 0.5) is 0 Å². The number of carbonyl (C=O) groups is 3. The van der Waals surface area contributed by atoms with Crippen LogP contribution in [0.15, 0.2) is 18.2 Å². The first-order valence-electron chi connectivity index (χ1n) is 7.02. The van der Waals surface area contributed by atoms with Gasteiger partial charge in [0.25, 0.3) is 5.91 Å². The molecular formula is C16H17NO3. The van der Waals surface area contributed by atoms with Gasteiger partial charge in [-0.2, -0.15) is 0 Å². The Morgan fingerprint density at radius 1 is 1.20 bits per heavy atom. The number of hydrogen-bond donors (Lipinski definition) is 0. The molecule has 1 fully saturated rings. The van der Waals surface area contributed by atoms with Crippen molar-refractivity contribution < 1.29 is 14.4 Å². The largest absolute Gasteiger partial charge is 0.324 e. The number of Topliss-reactive ketones (excluding diaryl/α,β-unsaturated/α-hetero) is 2. The molecule has 1 aliphatic carbocycles. The molecule has 0 bridgehead atoms. The molecule has 0 aromatic heterocycles. The van der Waals surface area contributed by atoms with E-state index in [-0.39, 0.29) is 23.9 Å². The number of hydrogen-bond acceptors (Lipinski definition) is 3. The number of carbonyl (C=O) groups excluding carboxylic acids is 3. The van der Waals surface area contributed by atoms with E-state index in [1.165, 1.54) is 0 Å². The summed E-state index contributed by atoms with van der Waals surface area (Å²) in [6.07, 6.45) is 1.72. The standard InChI is InChI=1S/C16H17NO3/c1-10-4-2-6-12-13(10)9-17(16(12)20)14-7-3-5-11(18)8-15(14)19/h2,4,6,14H,3,5,7-9H2,1H3. The Bertz CT molecular complexity index is 606. The van der Waals surface area contributed by atoms with E-state index in [9.17, 15) is 14.4 Å². The third-order valence-electron chi connectivity index (χ3n) is 4.28. The van der Waals surface area contributed by atoms with Gasteiger partial charge in [0.05, 0.1) is 12.5 Å². The van der Waals surface area contributed by atoms with Crippen molar-refractivity contribution >= 4 is 17.5 Å². The second-order valence-electron chi connectivity index (χ2n) is 5.62. The molecule has 20 heavy (non-hydrogen) atoms. The van der Waals surface area contributed by atoms with E-state index in [2.05, 4.69) is 0 Å². The number of nitrogens with zero attached hydrogens (tertiary/aromatic N) is 1. The number of ketones is 2. The van der Waals surface area contributed by atoms with Gasteiger partial charge >= 0.3 is 0 Å². The summed E-state index contributed by atoms with van der Waals surface area (Å²) >= 11 is 0. The van der Waals surface area contributed by atoms with Crippen molar-refractivity contribution in [1.82, 2.24) is 4.90 Å². The highest BCUT2D eigenvalue weighted by Gasteiger charge is 2.37. The molecule has 4 nitrogen and oxygen atoms in total. The molecule has 1 aromatic rings. The van der Waals surface area contributed by atoms with Gasteiger partial charge in [-0.1, -0.05) is 12.1 Å². The first-order chi connectivity index (χ1) is 9.58. The van der Waals surface area contributed by atoms with Gasteiger partial charge in [0.1, 0.15) is 5.78 Å².